The van der Waals surface area contributed by atoms with Crippen LogP contribution in [0, 0.1) is 0 Å². The Labute approximate surface area is 88.7 Å². The van der Waals surface area contributed by atoms with Gasteiger partial charge < -0.3 is 4.74 Å². The van der Waals surface area contributed by atoms with Crippen LogP contribution >= 0.6 is 0 Å². The van der Waals surface area contributed by atoms with Crippen molar-refractivity contribution in [3.63, 3.8) is 0 Å². The minimum Gasteiger partial charge on any atom is -0.378 e. The summed E-state index contributed by atoms with van der Waals surface area (Å²) < 4.78 is 8.51. The van der Waals surface area contributed by atoms with Gasteiger partial charge in [0.05, 0.1) is 6.10 Å². The van der Waals surface area contributed by atoms with Crippen LogP contribution in [0.3, 0.4) is 0 Å². The Morgan fingerprint density at radius 2 is 2.53 bits per heavy atom. The molecule has 84 valence electrons. The zero-order chi connectivity index (χ0) is 10.7. The molecule has 0 aromatic carbocycles. The summed E-state index contributed by atoms with van der Waals surface area (Å²) in [5, 5.41) is 4.01. The van der Waals surface area contributed by atoms with Gasteiger partial charge in [0.15, 0.2) is 0 Å². The van der Waals surface area contributed by atoms with Gasteiger partial charge in [0.2, 0.25) is 0 Å². The van der Waals surface area contributed by atoms with Gasteiger partial charge in [0.1, 0.15) is 6.33 Å². The standard InChI is InChI=1S/C10H17N3O2/c1-12-8-11-13(10(12)14)6-2-4-9-5-3-7-15-9/h8-9H,2-7H2,1H3. The van der Waals surface area contributed by atoms with Crippen LogP contribution in [0.15, 0.2) is 11.1 Å². The number of aryl methyl sites for hydroxylation is 2. The second kappa shape index (κ2) is 4.61. The molecule has 1 aromatic heterocycles. The van der Waals surface area contributed by atoms with Crippen LogP contribution in [0.4, 0.5) is 0 Å². The number of aromatic nitrogens is 3. The lowest BCUT2D eigenvalue weighted by molar-refractivity contribution is 0.101. The lowest BCUT2D eigenvalue weighted by Gasteiger charge is -2.07. The average Bonchev–Trinajstić information content (AvgIpc) is 2.83. The third kappa shape index (κ3) is 2.47. The van der Waals surface area contributed by atoms with Gasteiger partial charge in [-0.1, -0.05) is 0 Å². The van der Waals surface area contributed by atoms with Crippen molar-refractivity contribution >= 4 is 0 Å². The highest BCUT2D eigenvalue weighted by molar-refractivity contribution is 4.67. The fourth-order valence-electron chi connectivity index (χ4n) is 1.91. The van der Waals surface area contributed by atoms with Crippen LogP contribution < -0.4 is 5.69 Å². The summed E-state index contributed by atoms with van der Waals surface area (Å²) >= 11 is 0. The van der Waals surface area contributed by atoms with E-state index in [0.717, 1.165) is 25.9 Å². The molecule has 1 unspecified atom stereocenters. The Bertz CT molecular complexity index is 363. The SMILES string of the molecule is Cn1cnn(CCCC2CCCO2)c1=O. The van der Waals surface area contributed by atoms with Gasteiger partial charge in [-0.15, -0.1) is 0 Å². The van der Waals surface area contributed by atoms with E-state index in [1.165, 1.54) is 15.7 Å². The Morgan fingerprint density at radius 3 is 3.13 bits per heavy atom. The van der Waals surface area contributed by atoms with Crippen molar-refractivity contribution in [2.45, 2.75) is 38.3 Å². The average molecular weight is 211 g/mol. The van der Waals surface area contributed by atoms with Crippen LogP contribution in [0.2, 0.25) is 0 Å². The van der Waals surface area contributed by atoms with Gasteiger partial charge in [0.25, 0.3) is 0 Å². The molecule has 1 aliphatic rings. The zero-order valence-electron chi connectivity index (χ0n) is 9.06. The minimum atomic E-state index is -0.0395. The lowest BCUT2D eigenvalue weighted by Crippen LogP contribution is -2.23. The number of rotatable bonds is 4. The molecule has 2 rings (SSSR count). The quantitative estimate of drug-likeness (QED) is 0.730. The molecular weight excluding hydrogens is 194 g/mol. The molecule has 0 amide bonds. The van der Waals surface area contributed by atoms with E-state index in [-0.39, 0.29) is 5.69 Å². The summed E-state index contributed by atoms with van der Waals surface area (Å²) in [6.45, 7) is 1.59. The smallest absolute Gasteiger partial charge is 0.345 e. The Morgan fingerprint density at radius 1 is 1.67 bits per heavy atom. The summed E-state index contributed by atoms with van der Waals surface area (Å²) in [5.74, 6) is 0. The molecule has 0 radical (unpaired) electrons. The Balaban J connectivity index is 1.78. The van der Waals surface area contributed by atoms with E-state index >= 15 is 0 Å². The highest BCUT2D eigenvalue weighted by atomic mass is 16.5. The molecule has 5 heteroatoms. The minimum absolute atomic E-state index is 0.0395. The molecule has 2 heterocycles. The van der Waals surface area contributed by atoms with E-state index in [1.54, 1.807) is 13.4 Å². The summed E-state index contributed by atoms with van der Waals surface area (Å²) in [4.78, 5) is 11.4. The largest absolute Gasteiger partial charge is 0.378 e. The normalized spacial score (nSPS) is 21.0. The van der Waals surface area contributed by atoms with E-state index in [0.29, 0.717) is 12.6 Å². The fourth-order valence-corrected chi connectivity index (χ4v) is 1.91. The van der Waals surface area contributed by atoms with Gasteiger partial charge >= 0.3 is 5.69 Å². The lowest BCUT2D eigenvalue weighted by atomic mass is 10.1. The molecule has 0 bridgehead atoms. The van der Waals surface area contributed by atoms with Gasteiger partial charge in [-0.3, -0.25) is 4.57 Å². The molecule has 5 nitrogen and oxygen atoms in total. The summed E-state index contributed by atoms with van der Waals surface area (Å²) in [5.41, 5.74) is -0.0395. The van der Waals surface area contributed by atoms with Crippen molar-refractivity contribution in [1.82, 2.24) is 14.3 Å². The Hall–Kier alpha value is -1.10. The summed E-state index contributed by atoms with van der Waals surface area (Å²) in [6.07, 6.45) is 6.29. The predicted octanol–water partition coefficient (Wildman–Crippen LogP) is 0.541. The zero-order valence-corrected chi connectivity index (χ0v) is 9.06. The number of nitrogens with zero attached hydrogens (tertiary/aromatic N) is 3. The molecule has 0 aliphatic carbocycles. The van der Waals surface area contributed by atoms with Gasteiger partial charge in [-0.05, 0) is 25.7 Å². The molecular formula is C10H17N3O2. The highest BCUT2D eigenvalue weighted by Gasteiger charge is 2.14. The fraction of sp³-hybridized carbons (Fsp3) is 0.800. The molecule has 1 aromatic rings. The van der Waals surface area contributed by atoms with Crippen molar-refractivity contribution < 1.29 is 4.74 Å². The van der Waals surface area contributed by atoms with E-state index in [1.807, 2.05) is 0 Å². The highest BCUT2D eigenvalue weighted by Crippen LogP contribution is 2.16. The van der Waals surface area contributed by atoms with Gasteiger partial charge in [-0.2, -0.15) is 5.10 Å². The molecule has 0 spiro atoms. The number of hydrogen-bond acceptors (Lipinski definition) is 3. The van der Waals surface area contributed by atoms with Crippen LogP contribution in [-0.2, 0) is 18.3 Å². The maximum absolute atomic E-state index is 11.4. The third-order valence-electron chi connectivity index (χ3n) is 2.81. The molecule has 0 saturated carbocycles. The van der Waals surface area contributed by atoms with Gasteiger partial charge in [0, 0.05) is 20.2 Å². The van der Waals surface area contributed by atoms with Crippen LogP contribution in [-0.4, -0.2) is 27.1 Å². The van der Waals surface area contributed by atoms with Crippen molar-refractivity contribution in [3.05, 3.63) is 16.8 Å². The van der Waals surface area contributed by atoms with E-state index in [2.05, 4.69) is 5.10 Å². The predicted molar refractivity (Wildman–Crippen MR) is 55.7 cm³/mol. The Kier molecular flexibility index (Phi) is 3.20. The van der Waals surface area contributed by atoms with Gasteiger partial charge in [-0.25, -0.2) is 9.48 Å². The first-order valence-corrected chi connectivity index (χ1v) is 5.47. The first-order valence-electron chi connectivity index (χ1n) is 5.47. The molecule has 0 N–H and O–H groups in total. The van der Waals surface area contributed by atoms with E-state index in [4.69, 9.17) is 4.74 Å². The van der Waals surface area contributed by atoms with Crippen molar-refractivity contribution in [3.8, 4) is 0 Å². The maximum Gasteiger partial charge on any atom is 0.345 e. The molecule has 1 aliphatic heterocycles. The first-order chi connectivity index (χ1) is 7.27. The van der Waals surface area contributed by atoms with Crippen LogP contribution in [0.25, 0.3) is 0 Å². The van der Waals surface area contributed by atoms with Crippen molar-refractivity contribution in [2.24, 2.45) is 7.05 Å². The van der Waals surface area contributed by atoms with Crippen LogP contribution in [0.5, 0.6) is 0 Å². The summed E-state index contributed by atoms with van der Waals surface area (Å²) in [7, 11) is 1.71. The molecule has 1 fully saturated rings. The van der Waals surface area contributed by atoms with Crippen molar-refractivity contribution in [1.29, 1.82) is 0 Å². The van der Waals surface area contributed by atoms with E-state index in [9.17, 15) is 4.79 Å². The molecule has 1 atom stereocenters. The monoisotopic (exact) mass is 211 g/mol. The maximum atomic E-state index is 11.4. The van der Waals surface area contributed by atoms with Crippen LogP contribution in [0.1, 0.15) is 25.7 Å². The third-order valence-corrected chi connectivity index (χ3v) is 2.81. The number of ether oxygens (including phenoxy) is 1. The van der Waals surface area contributed by atoms with Crippen molar-refractivity contribution in [2.75, 3.05) is 6.61 Å². The topological polar surface area (TPSA) is 49.0 Å². The first kappa shape index (κ1) is 10.4. The summed E-state index contributed by atoms with van der Waals surface area (Å²) in [6, 6.07) is 0. The number of hydrogen-bond donors (Lipinski definition) is 0. The molecule has 15 heavy (non-hydrogen) atoms. The second-order valence-corrected chi connectivity index (χ2v) is 4.02. The van der Waals surface area contributed by atoms with E-state index < -0.39 is 0 Å². The second-order valence-electron chi connectivity index (χ2n) is 4.02. The molecule has 1 saturated heterocycles.